The molecule has 164 valence electrons. The third kappa shape index (κ3) is 6.59. The zero-order valence-electron chi connectivity index (χ0n) is 17.3. The summed E-state index contributed by atoms with van der Waals surface area (Å²) in [5.74, 6) is 0.665. The molecule has 2 amide bonds. The molecule has 1 atom stereocenters. The zero-order valence-corrected chi connectivity index (χ0v) is 18.8. The number of rotatable bonds is 7. The summed E-state index contributed by atoms with van der Waals surface area (Å²) < 4.78 is 0. The first-order valence-electron chi connectivity index (χ1n) is 10.5. The molecule has 2 aliphatic rings. The van der Waals surface area contributed by atoms with Gasteiger partial charge in [0.25, 0.3) is 0 Å². The summed E-state index contributed by atoms with van der Waals surface area (Å²) in [6.45, 7) is 5.60. The molecule has 0 aliphatic carbocycles. The Kier molecular flexibility index (Phi) is 8.36. The van der Waals surface area contributed by atoms with Crippen molar-refractivity contribution in [3.8, 4) is 0 Å². The fourth-order valence-corrected chi connectivity index (χ4v) is 3.92. The molecule has 9 heteroatoms. The normalized spacial score (nSPS) is 19.5. The highest BCUT2D eigenvalue weighted by Crippen LogP contribution is 2.29. The third-order valence-electron chi connectivity index (χ3n) is 5.33. The fraction of sp³-hybridized carbons (Fsp3) is 0.571. The van der Waals surface area contributed by atoms with Crippen LogP contribution in [0.25, 0.3) is 0 Å². The van der Waals surface area contributed by atoms with E-state index in [2.05, 4.69) is 20.6 Å². The molecule has 1 aromatic carbocycles. The number of benzene rings is 1. The molecule has 1 fully saturated rings. The monoisotopic (exact) mass is 453 g/mol. The van der Waals surface area contributed by atoms with E-state index in [1.807, 2.05) is 18.0 Å². The van der Waals surface area contributed by atoms with Crippen LogP contribution < -0.4 is 15.6 Å². The molecule has 3 rings (SSSR count). The van der Waals surface area contributed by atoms with Gasteiger partial charge in [0.1, 0.15) is 5.84 Å². The van der Waals surface area contributed by atoms with Gasteiger partial charge in [-0.15, -0.1) is 0 Å². The van der Waals surface area contributed by atoms with Crippen LogP contribution in [-0.2, 0) is 9.59 Å². The number of carbonyl (C=O) groups is 2. The molecular weight excluding hydrogens is 425 g/mol. The number of likely N-dealkylation sites (tertiary alicyclic amines) is 1. The number of amidine groups is 1. The number of amides is 2. The zero-order chi connectivity index (χ0) is 21.5. The number of nitrogens with one attached hydrogen (secondary N) is 2. The number of piperidine rings is 1. The van der Waals surface area contributed by atoms with Gasteiger partial charge in [-0.1, -0.05) is 36.5 Å². The quantitative estimate of drug-likeness (QED) is 0.621. The minimum atomic E-state index is -0.0955. The number of hydrogen-bond acceptors (Lipinski definition) is 5. The van der Waals surface area contributed by atoms with Crippen molar-refractivity contribution in [2.75, 3.05) is 37.7 Å². The second-order valence-corrected chi connectivity index (χ2v) is 8.72. The van der Waals surface area contributed by atoms with Gasteiger partial charge in [0.05, 0.1) is 28.8 Å². The van der Waals surface area contributed by atoms with Crippen LogP contribution >= 0.6 is 23.2 Å². The second kappa shape index (κ2) is 11.0. The summed E-state index contributed by atoms with van der Waals surface area (Å²) in [5, 5.41) is 13.1. The summed E-state index contributed by atoms with van der Waals surface area (Å²) in [7, 11) is 0. The Balaban J connectivity index is 1.38. The van der Waals surface area contributed by atoms with Crippen molar-refractivity contribution in [2.45, 2.75) is 39.0 Å². The van der Waals surface area contributed by atoms with E-state index in [4.69, 9.17) is 23.2 Å². The maximum atomic E-state index is 12.3. The van der Waals surface area contributed by atoms with Gasteiger partial charge in [-0.3, -0.25) is 19.5 Å². The Bertz CT molecular complexity index is 796. The van der Waals surface area contributed by atoms with Crippen LogP contribution in [0.1, 0.15) is 39.0 Å². The molecule has 0 spiro atoms. The SMILES string of the molecule is CC1CN(c2ccc(Cl)c(Cl)c2)N=C1NC(=O)CCCNC(=O)CN1CCCCC1. The van der Waals surface area contributed by atoms with Crippen LogP contribution in [0.3, 0.4) is 0 Å². The van der Waals surface area contributed by atoms with Crippen molar-refractivity contribution in [1.29, 1.82) is 0 Å². The van der Waals surface area contributed by atoms with E-state index in [0.717, 1.165) is 31.6 Å². The van der Waals surface area contributed by atoms with E-state index in [9.17, 15) is 9.59 Å². The highest BCUT2D eigenvalue weighted by molar-refractivity contribution is 6.42. The minimum absolute atomic E-state index is 0.0309. The topological polar surface area (TPSA) is 77.0 Å². The molecule has 2 aliphatic heterocycles. The first-order valence-corrected chi connectivity index (χ1v) is 11.3. The molecule has 1 saturated heterocycles. The van der Waals surface area contributed by atoms with E-state index in [1.165, 1.54) is 6.42 Å². The molecule has 2 N–H and O–H groups in total. The molecule has 1 unspecified atom stereocenters. The summed E-state index contributed by atoms with van der Waals surface area (Å²) in [6.07, 6.45) is 4.51. The molecule has 1 aromatic rings. The van der Waals surface area contributed by atoms with Crippen molar-refractivity contribution in [3.63, 3.8) is 0 Å². The van der Waals surface area contributed by atoms with E-state index in [1.54, 1.807) is 12.1 Å². The predicted octanol–water partition coefficient (Wildman–Crippen LogP) is 3.26. The van der Waals surface area contributed by atoms with E-state index >= 15 is 0 Å². The molecule has 0 radical (unpaired) electrons. The highest BCUT2D eigenvalue weighted by Gasteiger charge is 2.25. The summed E-state index contributed by atoms with van der Waals surface area (Å²) >= 11 is 12.1. The highest BCUT2D eigenvalue weighted by atomic mass is 35.5. The van der Waals surface area contributed by atoms with Crippen molar-refractivity contribution < 1.29 is 9.59 Å². The third-order valence-corrected chi connectivity index (χ3v) is 6.07. The predicted molar refractivity (Wildman–Crippen MR) is 121 cm³/mol. The average Bonchev–Trinajstić information content (AvgIpc) is 3.08. The number of anilines is 1. The maximum absolute atomic E-state index is 12.3. The maximum Gasteiger partial charge on any atom is 0.234 e. The van der Waals surface area contributed by atoms with Gasteiger partial charge in [0.2, 0.25) is 11.8 Å². The number of nitrogens with zero attached hydrogens (tertiary/aromatic N) is 3. The van der Waals surface area contributed by atoms with Gasteiger partial charge in [0.15, 0.2) is 0 Å². The molecular formula is C21H29Cl2N5O2. The second-order valence-electron chi connectivity index (χ2n) is 7.91. The first kappa shape index (κ1) is 22.8. The summed E-state index contributed by atoms with van der Waals surface area (Å²) in [4.78, 5) is 26.5. The molecule has 7 nitrogen and oxygen atoms in total. The Labute approximate surface area is 187 Å². The number of carbonyl (C=O) groups excluding carboxylic acids is 2. The van der Waals surface area contributed by atoms with Crippen molar-refractivity contribution in [1.82, 2.24) is 15.5 Å². The Morgan fingerprint density at radius 2 is 1.90 bits per heavy atom. The van der Waals surface area contributed by atoms with E-state index < -0.39 is 0 Å². The Hall–Kier alpha value is -1.83. The lowest BCUT2D eigenvalue weighted by Gasteiger charge is -2.25. The lowest BCUT2D eigenvalue weighted by atomic mass is 10.1. The van der Waals surface area contributed by atoms with Crippen LogP contribution in [0.15, 0.2) is 23.3 Å². The van der Waals surface area contributed by atoms with Crippen LogP contribution in [0.4, 0.5) is 5.69 Å². The van der Waals surface area contributed by atoms with E-state index in [-0.39, 0.29) is 17.7 Å². The fourth-order valence-electron chi connectivity index (χ4n) is 3.63. The van der Waals surface area contributed by atoms with Gasteiger partial charge in [0, 0.05) is 18.9 Å². The lowest BCUT2D eigenvalue weighted by Crippen LogP contribution is -2.40. The minimum Gasteiger partial charge on any atom is -0.355 e. The van der Waals surface area contributed by atoms with Crippen LogP contribution in [0.5, 0.6) is 0 Å². The molecule has 30 heavy (non-hydrogen) atoms. The van der Waals surface area contributed by atoms with Crippen LogP contribution in [0.2, 0.25) is 10.0 Å². The largest absolute Gasteiger partial charge is 0.355 e. The number of hydrogen-bond donors (Lipinski definition) is 2. The van der Waals surface area contributed by atoms with Crippen LogP contribution in [0, 0.1) is 5.92 Å². The standard InChI is InChI=1S/C21H29Cl2N5O2/c1-15-13-28(16-7-8-17(22)18(23)12-16)26-21(15)25-19(29)6-5-9-24-20(30)14-27-10-3-2-4-11-27/h7-8,12,15H,2-6,9-11,13-14H2,1H3,(H,24,30)(H,25,26,29). The summed E-state index contributed by atoms with van der Waals surface area (Å²) in [6, 6.07) is 5.34. The van der Waals surface area contributed by atoms with Crippen LogP contribution in [-0.4, -0.2) is 55.3 Å². The smallest absolute Gasteiger partial charge is 0.234 e. The molecule has 0 saturated carbocycles. The molecule has 2 heterocycles. The van der Waals surface area contributed by atoms with Crippen molar-refractivity contribution in [3.05, 3.63) is 28.2 Å². The Morgan fingerprint density at radius 1 is 1.13 bits per heavy atom. The van der Waals surface area contributed by atoms with Crippen molar-refractivity contribution >= 4 is 46.5 Å². The number of hydrazone groups is 1. The first-order chi connectivity index (χ1) is 14.4. The Morgan fingerprint density at radius 3 is 2.63 bits per heavy atom. The van der Waals surface area contributed by atoms with Crippen molar-refractivity contribution in [2.24, 2.45) is 11.0 Å². The van der Waals surface area contributed by atoms with Gasteiger partial charge in [-0.2, -0.15) is 5.10 Å². The number of halogens is 2. The van der Waals surface area contributed by atoms with Gasteiger partial charge < -0.3 is 10.6 Å². The molecule has 0 aromatic heterocycles. The molecule has 0 bridgehead atoms. The lowest BCUT2D eigenvalue weighted by molar-refractivity contribution is -0.123. The van der Waals surface area contributed by atoms with E-state index in [0.29, 0.717) is 48.4 Å². The van der Waals surface area contributed by atoms with Gasteiger partial charge in [-0.25, -0.2) is 0 Å². The van der Waals surface area contributed by atoms with Gasteiger partial charge in [-0.05, 0) is 50.6 Å². The average molecular weight is 454 g/mol. The van der Waals surface area contributed by atoms with Gasteiger partial charge >= 0.3 is 0 Å². The summed E-state index contributed by atoms with van der Waals surface area (Å²) in [5.41, 5.74) is 0.830.